The molecule has 0 radical (unpaired) electrons. The van der Waals surface area contributed by atoms with E-state index in [9.17, 15) is 0 Å². The molecule has 4 unspecified atom stereocenters. The van der Waals surface area contributed by atoms with Crippen molar-refractivity contribution in [2.24, 2.45) is 0 Å². The Morgan fingerprint density at radius 1 is 1.22 bits per heavy atom. The Balaban J connectivity index is 1.51. The molecule has 2 saturated heterocycles. The lowest BCUT2D eigenvalue weighted by Crippen LogP contribution is -2.39. The summed E-state index contributed by atoms with van der Waals surface area (Å²) in [5.41, 5.74) is 2.87. The molecule has 0 saturated carbocycles. The van der Waals surface area contributed by atoms with Crippen LogP contribution in [0.5, 0.6) is 0 Å². The molecule has 2 heterocycles. The van der Waals surface area contributed by atoms with Crippen molar-refractivity contribution in [1.29, 1.82) is 0 Å². The number of hydrogen-bond acceptors (Lipinski definition) is 2. The smallest absolute Gasteiger partial charge is 0.0733 e. The largest absolute Gasteiger partial charge is 0.373 e. The Morgan fingerprint density at radius 3 is 2.94 bits per heavy atom. The van der Waals surface area contributed by atoms with Gasteiger partial charge in [-0.05, 0) is 55.4 Å². The van der Waals surface area contributed by atoms with E-state index in [1.807, 2.05) is 6.07 Å². The van der Waals surface area contributed by atoms with Gasteiger partial charge in [0.2, 0.25) is 0 Å². The number of rotatable bonds is 2. The van der Waals surface area contributed by atoms with Crippen LogP contribution in [0.4, 0.5) is 0 Å². The van der Waals surface area contributed by atoms with E-state index >= 15 is 0 Å². The van der Waals surface area contributed by atoms with Gasteiger partial charge < -0.3 is 10.1 Å². The molecule has 0 aromatic heterocycles. The maximum absolute atomic E-state index is 6.05. The van der Waals surface area contributed by atoms with Gasteiger partial charge in [0.25, 0.3) is 0 Å². The van der Waals surface area contributed by atoms with Crippen LogP contribution in [-0.2, 0) is 11.2 Å². The normalized spacial score (nSPS) is 37.2. The number of nitrogens with one attached hydrogen (secondary N) is 1. The van der Waals surface area contributed by atoms with Crippen molar-refractivity contribution >= 4 is 11.6 Å². The molecule has 96 valence electrons. The molecule has 2 bridgehead atoms. The topological polar surface area (TPSA) is 21.3 Å². The second-order valence-electron chi connectivity index (χ2n) is 5.82. The Hall–Kier alpha value is -0.570. The van der Waals surface area contributed by atoms with E-state index in [1.165, 1.54) is 36.8 Å². The predicted octanol–water partition coefficient (Wildman–Crippen LogP) is 3.24. The van der Waals surface area contributed by atoms with E-state index < -0.39 is 0 Å². The van der Waals surface area contributed by atoms with Gasteiger partial charge in [-0.2, -0.15) is 0 Å². The van der Waals surface area contributed by atoms with Gasteiger partial charge in [0, 0.05) is 17.1 Å². The molecule has 4 rings (SSSR count). The van der Waals surface area contributed by atoms with E-state index in [2.05, 4.69) is 17.4 Å². The number of fused-ring (bicyclic) bond motifs is 3. The monoisotopic (exact) mass is 263 g/mol. The lowest BCUT2D eigenvalue weighted by molar-refractivity contribution is 0.0960. The molecule has 3 heteroatoms. The molecule has 1 aliphatic carbocycles. The third-order valence-corrected chi connectivity index (χ3v) is 4.94. The lowest BCUT2D eigenvalue weighted by atomic mass is 9.94. The predicted molar refractivity (Wildman–Crippen MR) is 71.9 cm³/mol. The van der Waals surface area contributed by atoms with Gasteiger partial charge in [-0.3, -0.25) is 0 Å². The fraction of sp³-hybridized carbons (Fsp3) is 0.600. The van der Waals surface area contributed by atoms with E-state index in [0.717, 1.165) is 11.4 Å². The quantitative estimate of drug-likeness (QED) is 0.885. The maximum Gasteiger partial charge on any atom is 0.0733 e. The van der Waals surface area contributed by atoms with Crippen molar-refractivity contribution in [3.63, 3.8) is 0 Å². The minimum atomic E-state index is 0.464. The standard InChI is InChI=1S/C15H18ClNO/c16-10-2-4-12-9(7-10)1-5-13(12)17-14-8-11-3-6-15(14)18-11/h2,4,7,11,13-15,17H,1,3,5-6,8H2. The fourth-order valence-electron chi connectivity index (χ4n) is 3.83. The van der Waals surface area contributed by atoms with E-state index in [0.29, 0.717) is 24.3 Å². The molecule has 1 aromatic rings. The Labute approximate surface area is 113 Å². The summed E-state index contributed by atoms with van der Waals surface area (Å²) < 4.78 is 5.92. The molecule has 2 nitrogen and oxygen atoms in total. The summed E-state index contributed by atoms with van der Waals surface area (Å²) in [6.45, 7) is 0. The number of ether oxygens (including phenoxy) is 1. The van der Waals surface area contributed by atoms with Crippen LogP contribution in [0.1, 0.15) is 42.9 Å². The van der Waals surface area contributed by atoms with Gasteiger partial charge in [0.1, 0.15) is 0 Å². The zero-order valence-corrected chi connectivity index (χ0v) is 11.1. The summed E-state index contributed by atoms with van der Waals surface area (Å²) in [6.07, 6.45) is 7.04. The molecular weight excluding hydrogens is 246 g/mol. The highest BCUT2D eigenvalue weighted by atomic mass is 35.5. The van der Waals surface area contributed by atoms with Crippen LogP contribution in [0.2, 0.25) is 5.02 Å². The number of benzene rings is 1. The van der Waals surface area contributed by atoms with E-state index in [1.54, 1.807) is 0 Å². The van der Waals surface area contributed by atoms with Crippen molar-refractivity contribution in [2.75, 3.05) is 0 Å². The minimum Gasteiger partial charge on any atom is -0.373 e. The number of hydrogen-bond donors (Lipinski definition) is 1. The Morgan fingerprint density at radius 2 is 2.17 bits per heavy atom. The Kier molecular flexibility index (Phi) is 2.65. The number of aryl methyl sites for hydroxylation is 1. The molecule has 1 aromatic carbocycles. The van der Waals surface area contributed by atoms with Gasteiger partial charge in [0.15, 0.2) is 0 Å². The molecular formula is C15H18ClNO. The van der Waals surface area contributed by atoms with Crippen molar-refractivity contribution < 1.29 is 4.74 Å². The summed E-state index contributed by atoms with van der Waals surface area (Å²) in [5, 5.41) is 4.68. The summed E-state index contributed by atoms with van der Waals surface area (Å²) in [5.74, 6) is 0. The molecule has 18 heavy (non-hydrogen) atoms. The number of halogens is 1. The van der Waals surface area contributed by atoms with Crippen LogP contribution >= 0.6 is 11.6 Å². The summed E-state index contributed by atoms with van der Waals surface area (Å²) in [4.78, 5) is 0. The Bertz CT molecular complexity index is 476. The van der Waals surface area contributed by atoms with Crippen molar-refractivity contribution in [3.8, 4) is 0 Å². The van der Waals surface area contributed by atoms with Gasteiger partial charge in [-0.25, -0.2) is 0 Å². The third-order valence-electron chi connectivity index (χ3n) is 4.70. The summed E-state index contributed by atoms with van der Waals surface area (Å²) in [6, 6.07) is 7.39. The van der Waals surface area contributed by atoms with Gasteiger partial charge in [-0.15, -0.1) is 0 Å². The molecule has 2 fully saturated rings. The molecule has 0 spiro atoms. The average molecular weight is 264 g/mol. The first-order chi connectivity index (χ1) is 8.79. The van der Waals surface area contributed by atoms with Crippen LogP contribution in [0.25, 0.3) is 0 Å². The SMILES string of the molecule is Clc1ccc2c(c1)CCC2NC1CC2CCC1O2. The van der Waals surface area contributed by atoms with Gasteiger partial charge in [-0.1, -0.05) is 17.7 Å². The summed E-state index contributed by atoms with van der Waals surface area (Å²) >= 11 is 6.05. The third kappa shape index (κ3) is 1.78. The van der Waals surface area contributed by atoms with Crippen LogP contribution in [0, 0.1) is 0 Å². The maximum atomic E-state index is 6.05. The van der Waals surface area contributed by atoms with Gasteiger partial charge in [0.05, 0.1) is 12.2 Å². The molecule has 0 amide bonds. The minimum absolute atomic E-state index is 0.464. The highest BCUT2D eigenvalue weighted by molar-refractivity contribution is 6.30. The second-order valence-corrected chi connectivity index (χ2v) is 6.25. The molecule has 4 atom stereocenters. The lowest BCUT2D eigenvalue weighted by Gasteiger charge is -2.25. The van der Waals surface area contributed by atoms with Crippen molar-refractivity contribution in [2.45, 2.75) is 56.4 Å². The average Bonchev–Trinajstić information content (AvgIpc) is 3.04. The van der Waals surface area contributed by atoms with Crippen molar-refractivity contribution in [3.05, 3.63) is 34.3 Å². The molecule has 3 aliphatic rings. The molecule has 2 aliphatic heterocycles. The first-order valence-electron chi connectivity index (χ1n) is 6.99. The van der Waals surface area contributed by atoms with Crippen molar-refractivity contribution in [1.82, 2.24) is 5.32 Å². The van der Waals surface area contributed by atoms with Gasteiger partial charge >= 0.3 is 0 Å². The molecule has 1 N–H and O–H groups in total. The van der Waals surface area contributed by atoms with E-state index in [4.69, 9.17) is 16.3 Å². The summed E-state index contributed by atoms with van der Waals surface area (Å²) in [7, 11) is 0. The first kappa shape index (κ1) is 11.3. The fourth-order valence-corrected chi connectivity index (χ4v) is 4.03. The van der Waals surface area contributed by atoms with Crippen LogP contribution in [0.3, 0.4) is 0 Å². The highest BCUT2D eigenvalue weighted by Crippen LogP contribution is 2.38. The van der Waals surface area contributed by atoms with Crippen LogP contribution in [0.15, 0.2) is 18.2 Å². The van der Waals surface area contributed by atoms with Crippen LogP contribution in [-0.4, -0.2) is 18.2 Å². The van der Waals surface area contributed by atoms with Crippen LogP contribution < -0.4 is 5.32 Å². The second kappa shape index (κ2) is 4.22. The first-order valence-corrected chi connectivity index (χ1v) is 7.37. The highest BCUT2D eigenvalue weighted by Gasteiger charge is 2.42. The van der Waals surface area contributed by atoms with E-state index in [-0.39, 0.29) is 0 Å². The zero-order valence-electron chi connectivity index (χ0n) is 10.4. The zero-order chi connectivity index (χ0) is 12.1.